The Hall–Kier alpha value is -2.04. The van der Waals surface area contributed by atoms with Gasteiger partial charge >= 0.3 is 0 Å². The summed E-state index contributed by atoms with van der Waals surface area (Å²) in [6.45, 7) is -0.227. The number of anilines is 1. The van der Waals surface area contributed by atoms with Crippen LogP contribution in [0.1, 0.15) is 10.4 Å². The minimum Gasteiger partial charge on any atom is -0.483 e. The molecule has 0 aliphatic carbocycles. The second kappa shape index (κ2) is 7.11. The monoisotopic (exact) mass is 323 g/mol. The maximum absolute atomic E-state index is 11.8. The van der Waals surface area contributed by atoms with E-state index in [4.69, 9.17) is 27.9 Å². The van der Waals surface area contributed by atoms with Crippen molar-refractivity contribution in [1.29, 1.82) is 0 Å². The molecule has 2 aromatic carbocycles. The Morgan fingerprint density at radius 2 is 1.90 bits per heavy atom. The van der Waals surface area contributed by atoms with E-state index < -0.39 is 0 Å². The molecule has 0 saturated heterocycles. The lowest BCUT2D eigenvalue weighted by molar-refractivity contribution is -0.118. The lowest BCUT2D eigenvalue weighted by Crippen LogP contribution is -2.20. The summed E-state index contributed by atoms with van der Waals surface area (Å²) in [7, 11) is 0. The third-order valence-electron chi connectivity index (χ3n) is 2.57. The third kappa shape index (κ3) is 4.48. The highest BCUT2D eigenvalue weighted by Crippen LogP contribution is 2.21. The molecule has 0 spiro atoms. The summed E-state index contributed by atoms with van der Waals surface area (Å²) in [4.78, 5) is 22.7. The molecule has 4 nitrogen and oxygen atoms in total. The van der Waals surface area contributed by atoms with Gasteiger partial charge in [-0.2, -0.15) is 0 Å². The number of benzene rings is 2. The molecule has 0 heterocycles. The Bertz CT molecular complexity index is 674. The van der Waals surface area contributed by atoms with Crippen LogP contribution in [0.3, 0.4) is 0 Å². The van der Waals surface area contributed by atoms with Gasteiger partial charge in [0.25, 0.3) is 5.91 Å². The van der Waals surface area contributed by atoms with Crippen molar-refractivity contribution in [2.75, 3.05) is 11.9 Å². The van der Waals surface area contributed by atoms with E-state index in [-0.39, 0.29) is 18.1 Å². The standard InChI is InChI=1S/C15H11Cl2NO3/c16-11-2-1-3-13(7-11)18-15(20)9-21-14-5-4-12(17)6-10(14)8-19/h1-8H,9H2,(H,18,20). The molecule has 0 aromatic heterocycles. The van der Waals surface area contributed by atoms with Gasteiger partial charge in [-0.3, -0.25) is 9.59 Å². The molecule has 0 atom stereocenters. The summed E-state index contributed by atoms with van der Waals surface area (Å²) in [5.41, 5.74) is 0.862. The van der Waals surface area contributed by atoms with Crippen LogP contribution in [0.25, 0.3) is 0 Å². The number of ether oxygens (including phenoxy) is 1. The van der Waals surface area contributed by atoms with Gasteiger partial charge in [0.05, 0.1) is 5.56 Å². The zero-order valence-corrected chi connectivity index (χ0v) is 12.3. The normalized spacial score (nSPS) is 10.0. The second-order valence-corrected chi connectivity index (χ2v) is 5.02. The van der Waals surface area contributed by atoms with E-state index in [0.717, 1.165) is 0 Å². The van der Waals surface area contributed by atoms with Crippen molar-refractivity contribution in [2.24, 2.45) is 0 Å². The predicted molar refractivity (Wildman–Crippen MR) is 82.4 cm³/mol. The van der Waals surface area contributed by atoms with Crippen molar-refractivity contribution in [3.05, 3.63) is 58.1 Å². The molecule has 1 N–H and O–H groups in total. The molecule has 21 heavy (non-hydrogen) atoms. The second-order valence-electron chi connectivity index (χ2n) is 4.15. The molecule has 0 bridgehead atoms. The SMILES string of the molecule is O=Cc1cc(Cl)ccc1OCC(=O)Nc1cccc(Cl)c1. The number of hydrogen-bond donors (Lipinski definition) is 1. The van der Waals surface area contributed by atoms with Crippen molar-refractivity contribution >= 4 is 41.1 Å². The first-order chi connectivity index (χ1) is 10.1. The summed E-state index contributed by atoms with van der Waals surface area (Å²) < 4.78 is 5.31. The van der Waals surface area contributed by atoms with Crippen LogP contribution in [0, 0.1) is 0 Å². The molecular weight excluding hydrogens is 313 g/mol. The van der Waals surface area contributed by atoms with Crippen LogP contribution in [0.4, 0.5) is 5.69 Å². The lowest BCUT2D eigenvalue weighted by Gasteiger charge is -2.09. The third-order valence-corrected chi connectivity index (χ3v) is 3.04. The Labute approximate surface area is 131 Å². The van der Waals surface area contributed by atoms with E-state index in [2.05, 4.69) is 5.32 Å². The highest BCUT2D eigenvalue weighted by molar-refractivity contribution is 6.31. The van der Waals surface area contributed by atoms with Gasteiger partial charge in [0.15, 0.2) is 12.9 Å². The molecular formula is C15H11Cl2NO3. The van der Waals surface area contributed by atoms with E-state index in [1.54, 1.807) is 36.4 Å². The number of nitrogens with one attached hydrogen (secondary N) is 1. The largest absolute Gasteiger partial charge is 0.483 e. The fraction of sp³-hybridized carbons (Fsp3) is 0.0667. The fourth-order valence-corrected chi connectivity index (χ4v) is 2.02. The summed E-state index contributed by atoms with van der Waals surface area (Å²) in [6, 6.07) is 11.4. The van der Waals surface area contributed by atoms with Gasteiger partial charge in [-0.25, -0.2) is 0 Å². The average Bonchev–Trinajstić information content (AvgIpc) is 2.45. The maximum Gasteiger partial charge on any atom is 0.262 e. The van der Waals surface area contributed by atoms with Crippen molar-refractivity contribution in [3.63, 3.8) is 0 Å². The van der Waals surface area contributed by atoms with Crippen LogP contribution in [-0.2, 0) is 4.79 Å². The van der Waals surface area contributed by atoms with Gasteiger partial charge in [-0.15, -0.1) is 0 Å². The number of hydrogen-bond acceptors (Lipinski definition) is 3. The Morgan fingerprint density at radius 1 is 1.14 bits per heavy atom. The fourth-order valence-electron chi connectivity index (χ4n) is 1.65. The minimum atomic E-state index is -0.357. The van der Waals surface area contributed by atoms with Crippen LogP contribution < -0.4 is 10.1 Å². The number of amides is 1. The quantitative estimate of drug-likeness (QED) is 0.851. The van der Waals surface area contributed by atoms with E-state index in [9.17, 15) is 9.59 Å². The molecule has 0 aliphatic rings. The highest BCUT2D eigenvalue weighted by atomic mass is 35.5. The van der Waals surface area contributed by atoms with E-state index >= 15 is 0 Å². The number of carbonyl (C=O) groups excluding carboxylic acids is 2. The Balaban J connectivity index is 1.97. The number of aldehydes is 1. The lowest BCUT2D eigenvalue weighted by atomic mass is 10.2. The number of carbonyl (C=O) groups is 2. The molecule has 2 aromatic rings. The van der Waals surface area contributed by atoms with E-state index in [1.165, 1.54) is 6.07 Å². The number of rotatable bonds is 5. The summed E-state index contributed by atoms with van der Waals surface area (Å²) in [5, 5.41) is 3.59. The number of halogens is 2. The van der Waals surface area contributed by atoms with Crippen molar-refractivity contribution in [3.8, 4) is 5.75 Å². The predicted octanol–water partition coefficient (Wildman–Crippen LogP) is 3.82. The topological polar surface area (TPSA) is 55.4 Å². The molecule has 0 fully saturated rings. The Kier molecular flexibility index (Phi) is 5.20. The summed E-state index contributed by atoms with van der Waals surface area (Å²) in [6.07, 6.45) is 0.621. The minimum absolute atomic E-state index is 0.227. The Morgan fingerprint density at radius 3 is 2.62 bits per heavy atom. The van der Waals surface area contributed by atoms with E-state index in [0.29, 0.717) is 27.8 Å². The first-order valence-electron chi connectivity index (χ1n) is 6.01. The van der Waals surface area contributed by atoms with Gasteiger partial charge in [0.1, 0.15) is 5.75 Å². The summed E-state index contributed by atoms with van der Waals surface area (Å²) >= 11 is 11.6. The molecule has 6 heteroatoms. The maximum atomic E-state index is 11.8. The van der Waals surface area contributed by atoms with Crippen LogP contribution in [-0.4, -0.2) is 18.8 Å². The first kappa shape index (κ1) is 15.4. The molecule has 0 aliphatic heterocycles. The van der Waals surface area contributed by atoms with Crippen LogP contribution in [0.2, 0.25) is 10.0 Å². The van der Waals surface area contributed by atoms with Gasteiger partial charge in [-0.05, 0) is 36.4 Å². The van der Waals surface area contributed by atoms with Crippen LogP contribution in [0.5, 0.6) is 5.75 Å². The smallest absolute Gasteiger partial charge is 0.262 e. The first-order valence-corrected chi connectivity index (χ1v) is 6.77. The zero-order chi connectivity index (χ0) is 15.2. The van der Waals surface area contributed by atoms with Crippen molar-refractivity contribution < 1.29 is 14.3 Å². The van der Waals surface area contributed by atoms with Gasteiger partial charge in [-0.1, -0.05) is 29.3 Å². The van der Waals surface area contributed by atoms with Gasteiger partial charge in [0.2, 0.25) is 0 Å². The molecule has 0 radical (unpaired) electrons. The average molecular weight is 324 g/mol. The van der Waals surface area contributed by atoms with Crippen LogP contribution >= 0.6 is 23.2 Å². The molecule has 0 saturated carbocycles. The molecule has 108 valence electrons. The van der Waals surface area contributed by atoms with E-state index in [1.807, 2.05) is 0 Å². The zero-order valence-electron chi connectivity index (χ0n) is 10.8. The molecule has 2 rings (SSSR count). The van der Waals surface area contributed by atoms with Crippen LogP contribution in [0.15, 0.2) is 42.5 Å². The van der Waals surface area contributed by atoms with Gasteiger partial charge in [0, 0.05) is 15.7 Å². The van der Waals surface area contributed by atoms with Gasteiger partial charge < -0.3 is 10.1 Å². The van der Waals surface area contributed by atoms with Crippen molar-refractivity contribution in [2.45, 2.75) is 0 Å². The molecule has 1 amide bonds. The summed E-state index contributed by atoms with van der Waals surface area (Å²) in [5.74, 6) is -0.0558. The highest BCUT2D eigenvalue weighted by Gasteiger charge is 2.08. The molecule has 0 unspecified atom stereocenters. The van der Waals surface area contributed by atoms with Crippen molar-refractivity contribution in [1.82, 2.24) is 0 Å².